The standard InChI is InChI=1S/C8H6ClN3O2S/c9-7-5-3-1-2-4-6(5)11-12-8(7)15(10,13)14/h1-4H,(H2,10,13,14). The van der Waals surface area contributed by atoms with E-state index < -0.39 is 15.0 Å². The molecule has 0 saturated heterocycles. The first kappa shape index (κ1) is 10.3. The van der Waals surface area contributed by atoms with E-state index in [1.807, 2.05) is 0 Å². The van der Waals surface area contributed by atoms with Gasteiger partial charge in [0.05, 0.1) is 10.5 Å². The van der Waals surface area contributed by atoms with Crippen molar-refractivity contribution in [2.24, 2.45) is 5.14 Å². The topological polar surface area (TPSA) is 85.9 Å². The third-order valence-electron chi connectivity index (χ3n) is 1.85. The monoisotopic (exact) mass is 243 g/mol. The van der Waals surface area contributed by atoms with Crippen LogP contribution in [0, 0.1) is 0 Å². The summed E-state index contributed by atoms with van der Waals surface area (Å²) >= 11 is 5.86. The Balaban J connectivity index is 2.88. The van der Waals surface area contributed by atoms with Gasteiger partial charge in [0.15, 0.2) is 0 Å². The maximum Gasteiger partial charge on any atom is 0.258 e. The molecule has 7 heteroatoms. The van der Waals surface area contributed by atoms with Crippen LogP contribution >= 0.6 is 11.6 Å². The summed E-state index contributed by atoms with van der Waals surface area (Å²) in [6.07, 6.45) is 0. The number of primary sulfonamides is 1. The lowest BCUT2D eigenvalue weighted by Crippen LogP contribution is -2.15. The fourth-order valence-electron chi connectivity index (χ4n) is 1.19. The zero-order valence-electron chi connectivity index (χ0n) is 7.38. The predicted octanol–water partition coefficient (Wildman–Crippen LogP) is 0.931. The molecule has 0 fully saturated rings. The number of nitrogens with zero attached hydrogens (tertiary/aromatic N) is 2. The van der Waals surface area contributed by atoms with Crippen LogP contribution in [0.1, 0.15) is 0 Å². The van der Waals surface area contributed by atoms with E-state index in [1.165, 1.54) is 0 Å². The van der Waals surface area contributed by atoms with Crippen LogP contribution in [-0.4, -0.2) is 18.6 Å². The van der Waals surface area contributed by atoms with Gasteiger partial charge in [-0.3, -0.25) is 0 Å². The van der Waals surface area contributed by atoms with Crippen molar-refractivity contribution in [1.82, 2.24) is 10.2 Å². The first-order chi connectivity index (χ1) is 7.00. The van der Waals surface area contributed by atoms with Crippen LogP contribution in [0.3, 0.4) is 0 Å². The quantitative estimate of drug-likeness (QED) is 0.807. The second-order valence-corrected chi connectivity index (χ2v) is 4.74. The molecule has 15 heavy (non-hydrogen) atoms. The molecule has 0 bridgehead atoms. The number of hydrogen-bond donors (Lipinski definition) is 1. The second-order valence-electron chi connectivity index (χ2n) is 2.88. The van der Waals surface area contributed by atoms with Gasteiger partial charge in [-0.25, -0.2) is 13.6 Å². The third kappa shape index (κ3) is 1.79. The average molecular weight is 244 g/mol. The average Bonchev–Trinajstić information content (AvgIpc) is 2.16. The van der Waals surface area contributed by atoms with Crippen LogP contribution in [-0.2, 0) is 10.0 Å². The number of fused-ring (bicyclic) bond motifs is 1. The molecule has 2 N–H and O–H groups in total. The number of rotatable bonds is 1. The summed E-state index contributed by atoms with van der Waals surface area (Å²) in [5.74, 6) is 0. The number of nitrogens with two attached hydrogens (primary N) is 1. The fraction of sp³-hybridized carbons (Fsp3) is 0. The summed E-state index contributed by atoms with van der Waals surface area (Å²) in [5.41, 5.74) is 0.523. The van der Waals surface area contributed by atoms with Gasteiger partial charge in [-0.05, 0) is 6.07 Å². The molecule has 0 aliphatic carbocycles. The number of halogens is 1. The van der Waals surface area contributed by atoms with Crippen LogP contribution in [0.2, 0.25) is 5.02 Å². The molecular weight excluding hydrogens is 238 g/mol. The Bertz CT molecular complexity index is 627. The van der Waals surface area contributed by atoms with E-state index in [2.05, 4.69) is 10.2 Å². The van der Waals surface area contributed by atoms with E-state index in [4.69, 9.17) is 16.7 Å². The van der Waals surface area contributed by atoms with Gasteiger partial charge in [-0.15, -0.1) is 10.2 Å². The van der Waals surface area contributed by atoms with E-state index in [-0.39, 0.29) is 5.02 Å². The van der Waals surface area contributed by atoms with Crippen LogP contribution < -0.4 is 5.14 Å². The van der Waals surface area contributed by atoms with Gasteiger partial charge in [-0.2, -0.15) is 0 Å². The van der Waals surface area contributed by atoms with E-state index >= 15 is 0 Å². The van der Waals surface area contributed by atoms with Gasteiger partial charge in [0.25, 0.3) is 10.0 Å². The number of sulfonamides is 1. The molecule has 78 valence electrons. The molecule has 1 aromatic heterocycles. The highest BCUT2D eigenvalue weighted by molar-refractivity contribution is 7.89. The van der Waals surface area contributed by atoms with Gasteiger partial charge in [0.2, 0.25) is 5.03 Å². The lowest BCUT2D eigenvalue weighted by Gasteiger charge is -2.02. The summed E-state index contributed by atoms with van der Waals surface area (Å²) in [6.45, 7) is 0. The van der Waals surface area contributed by atoms with Crippen LogP contribution in [0.25, 0.3) is 10.9 Å². The Hall–Kier alpha value is -1.24. The Morgan fingerprint density at radius 3 is 2.53 bits per heavy atom. The molecule has 2 aromatic rings. The Morgan fingerprint density at radius 2 is 1.87 bits per heavy atom. The van der Waals surface area contributed by atoms with Crippen molar-refractivity contribution in [3.8, 4) is 0 Å². The predicted molar refractivity (Wildman–Crippen MR) is 55.9 cm³/mol. The summed E-state index contributed by atoms with van der Waals surface area (Å²) in [7, 11) is -3.93. The van der Waals surface area contributed by atoms with E-state index in [0.29, 0.717) is 10.9 Å². The highest BCUT2D eigenvalue weighted by atomic mass is 35.5. The number of benzene rings is 1. The van der Waals surface area contributed by atoms with Crippen molar-refractivity contribution >= 4 is 32.5 Å². The lowest BCUT2D eigenvalue weighted by atomic mass is 10.2. The summed E-state index contributed by atoms with van der Waals surface area (Å²) in [6, 6.07) is 6.81. The number of hydrogen-bond acceptors (Lipinski definition) is 4. The minimum atomic E-state index is -3.93. The van der Waals surface area contributed by atoms with Crippen molar-refractivity contribution in [3.05, 3.63) is 29.3 Å². The molecule has 0 spiro atoms. The minimum absolute atomic E-state index is 0.00287. The fourth-order valence-corrected chi connectivity index (χ4v) is 2.22. The summed E-state index contributed by atoms with van der Waals surface area (Å²) in [5, 5.41) is 12.2. The third-order valence-corrected chi connectivity index (χ3v) is 3.17. The first-order valence-electron chi connectivity index (χ1n) is 3.94. The van der Waals surface area contributed by atoms with E-state index in [0.717, 1.165) is 0 Å². The molecule has 0 atom stereocenters. The molecule has 0 saturated carbocycles. The molecule has 1 aromatic carbocycles. The molecular formula is C8H6ClN3O2S. The van der Waals surface area contributed by atoms with Crippen LogP contribution in [0.5, 0.6) is 0 Å². The largest absolute Gasteiger partial charge is 0.258 e. The molecule has 5 nitrogen and oxygen atoms in total. The number of aromatic nitrogens is 2. The molecule has 0 amide bonds. The first-order valence-corrected chi connectivity index (χ1v) is 5.86. The molecule has 0 radical (unpaired) electrons. The van der Waals surface area contributed by atoms with Crippen LogP contribution in [0.4, 0.5) is 0 Å². The van der Waals surface area contributed by atoms with Crippen molar-refractivity contribution in [3.63, 3.8) is 0 Å². The molecule has 0 aliphatic rings. The van der Waals surface area contributed by atoms with Gasteiger partial charge >= 0.3 is 0 Å². The van der Waals surface area contributed by atoms with E-state index in [1.54, 1.807) is 24.3 Å². The van der Waals surface area contributed by atoms with Crippen molar-refractivity contribution in [2.75, 3.05) is 0 Å². The smallest absolute Gasteiger partial charge is 0.223 e. The molecule has 0 aliphatic heterocycles. The van der Waals surface area contributed by atoms with E-state index in [9.17, 15) is 8.42 Å². The van der Waals surface area contributed by atoms with Crippen molar-refractivity contribution in [1.29, 1.82) is 0 Å². The highest BCUT2D eigenvalue weighted by Crippen LogP contribution is 2.25. The van der Waals surface area contributed by atoms with Gasteiger partial charge in [0, 0.05) is 5.39 Å². The summed E-state index contributed by atoms with van der Waals surface area (Å²) in [4.78, 5) is 0. The van der Waals surface area contributed by atoms with Crippen molar-refractivity contribution < 1.29 is 8.42 Å². The Labute approximate surface area is 90.9 Å². The minimum Gasteiger partial charge on any atom is -0.223 e. The SMILES string of the molecule is NS(=O)(=O)c1nnc2ccccc2c1Cl. The molecule has 0 unspecified atom stereocenters. The van der Waals surface area contributed by atoms with Crippen LogP contribution in [0.15, 0.2) is 29.3 Å². The van der Waals surface area contributed by atoms with Gasteiger partial charge in [0.1, 0.15) is 0 Å². The highest BCUT2D eigenvalue weighted by Gasteiger charge is 2.17. The lowest BCUT2D eigenvalue weighted by molar-refractivity contribution is 0.592. The molecule has 2 rings (SSSR count). The van der Waals surface area contributed by atoms with Crippen molar-refractivity contribution in [2.45, 2.75) is 5.03 Å². The molecule has 1 heterocycles. The zero-order valence-corrected chi connectivity index (χ0v) is 8.96. The Morgan fingerprint density at radius 1 is 1.20 bits per heavy atom. The summed E-state index contributed by atoms with van der Waals surface area (Å²) < 4.78 is 22.2. The van der Waals surface area contributed by atoms with Gasteiger partial charge < -0.3 is 0 Å². The second kappa shape index (κ2) is 3.41. The maximum atomic E-state index is 11.1. The normalized spacial score (nSPS) is 11.9. The zero-order chi connectivity index (χ0) is 11.1. The Kier molecular flexibility index (Phi) is 2.34. The van der Waals surface area contributed by atoms with Gasteiger partial charge in [-0.1, -0.05) is 29.8 Å². The maximum absolute atomic E-state index is 11.1.